The molecule has 0 aromatic carbocycles. The van der Waals surface area contributed by atoms with E-state index in [1.54, 1.807) is 19.1 Å². The van der Waals surface area contributed by atoms with Gasteiger partial charge in [-0.15, -0.1) is 11.3 Å². The zero-order valence-electron chi connectivity index (χ0n) is 12.0. The molecule has 1 aliphatic rings. The molecule has 1 aliphatic heterocycles. The summed E-state index contributed by atoms with van der Waals surface area (Å²) in [6.45, 7) is 2.03. The van der Waals surface area contributed by atoms with Gasteiger partial charge in [-0.25, -0.2) is 0 Å². The second-order valence-corrected chi connectivity index (χ2v) is 6.00. The Kier molecular flexibility index (Phi) is 3.85. The third kappa shape index (κ3) is 2.35. The highest BCUT2D eigenvalue weighted by atomic mass is 32.1. The van der Waals surface area contributed by atoms with Crippen molar-refractivity contribution in [3.05, 3.63) is 57.9 Å². The van der Waals surface area contributed by atoms with E-state index in [1.807, 2.05) is 17.5 Å². The predicted molar refractivity (Wildman–Crippen MR) is 81.3 cm³/mol. The molecule has 0 saturated carbocycles. The van der Waals surface area contributed by atoms with Crippen LogP contribution in [-0.2, 0) is 16.1 Å². The van der Waals surface area contributed by atoms with Gasteiger partial charge in [-0.3, -0.25) is 9.59 Å². The maximum absolute atomic E-state index is 12.4. The van der Waals surface area contributed by atoms with Gasteiger partial charge in [0.2, 0.25) is 0 Å². The number of hydrogen-bond donors (Lipinski definition) is 1. The fourth-order valence-corrected chi connectivity index (χ4v) is 3.31. The summed E-state index contributed by atoms with van der Waals surface area (Å²) >= 11 is 1.52. The van der Waals surface area contributed by atoms with Crippen molar-refractivity contribution >= 4 is 23.0 Å². The summed E-state index contributed by atoms with van der Waals surface area (Å²) in [4.78, 5) is 27.0. The van der Waals surface area contributed by atoms with Gasteiger partial charge in [0, 0.05) is 11.3 Å². The van der Waals surface area contributed by atoms with E-state index in [0.29, 0.717) is 12.3 Å². The molecule has 6 heteroatoms. The summed E-state index contributed by atoms with van der Waals surface area (Å²) in [6, 6.07) is 6.55. The van der Waals surface area contributed by atoms with Crippen LogP contribution in [0.2, 0.25) is 0 Å². The Balaban J connectivity index is 2.03. The van der Waals surface area contributed by atoms with E-state index in [4.69, 9.17) is 4.42 Å². The molecule has 3 rings (SSSR count). The van der Waals surface area contributed by atoms with E-state index in [0.717, 1.165) is 4.88 Å². The molecule has 2 aromatic rings. The lowest BCUT2D eigenvalue weighted by atomic mass is 10.00. The van der Waals surface area contributed by atoms with Crippen LogP contribution >= 0.6 is 11.3 Å². The van der Waals surface area contributed by atoms with Gasteiger partial charge in [-0.2, -0.15) is 0 Å². The molecule has 3 heterocycles. The molecule has 1 atom stereocenters. The summed E-state index contributed by atoms with van der Waals surface area (Å²) < 4.78 is 5.40. The van der Waals surface area contributed by atoms with Crippen molar-refractivity contribution in [1.82, 2.24) is 4.90 Å². The lowest BCUT2D eigenvalue weighted by Crippen LogP contribution is -2.30. The monoisotopic (exact) mass is 317 g/mol. The van der Waals surface area contributed by atoms with E-state index in [2.05, 4.69) is 0 Å². The van der Waals surface area contributed by atoms with Gasteiger partial charge in [-0.05, 0) is 23.6 Å². The van der Waals surface area contributed by atoms with E-state index in [-0.39, 0.29) is 17.8 Å². The van der Waals surface area contributed by atoms with Crippen LogP contribution in [0.3, 0.4) is 0 Å². The van der Waals surface area contributed by atoms with E-state index in [9.17, 15) is 14.7 Å². The summed E-state index contributed by atoms with van der Waals surface area (Å²) in [5, 5.41) is 12.1. The SMILES string of the molecule is CCC(=O)C1=C(O)C(=O)N(Cc2cccs2)C1c1ccco1. The first-order valence-electron chi connectivity index (χ1n) is 6.96. The fraction of sp³-hybridized carbons (Fsp3) is 0.250. The van der Waals surface area contributed by atoms with Crippen LogP contribution in [0.1, 0.15) is 30.0 Å². The zero-order chi connectivity index (χ0) is 15.7. The van der Waals surface area contributed by atoms with E-state index < -0.39 is 17.7 Å². The molecule has 0 aliphatic carbocycles. The van der Waals surface area contributed by atoms with Crippen LogP contribution in [0.25, 0.3) is 0 Å². The second-order valence-electron chi connectivity index (χ2n) is 4.97. The summed E-state index contributed by atoms with van der Waals surface area (Å²) in [5.41, 5.74) is 0.124. The zero-order valence-corrected chi connectivity index (χ0v) is 12.8. The van der Waals surface area contributed by atoms with Crippen LogP contribution < -0.4 is 0 Å². The number of ketones is 1. The molecule has 114 valence electrons. The number of thiophene rings is 1. The lowest BCUT2D eigenvalue weighted by Gasteiger charge is -2.24. The van der Waals surface area contributed by atoms with Crippen molar-refractivity contribution in [1.29, 1.82) is 0 Å². The standard InChI is InChI=1S/C16H15NO4S/c1-2-11(18)13-14(12-6-3-7-21-12)17(16(20)15(13)19)9-10-5-4-8-22-10/h3-8,14,19H,2,9H2,1H3. The molecule has 1 amide bonds. The fourth-order valence-electron chi connectivity index (χ4n) is 2.61. The summed E-state index contributed by atoms with van der Waals surface area (Å²) in [7, 11) is 0. The number of aliphatic hydroxyl groups excluding tert-OH is 1. The second kappa shape index (κ2) is 5.81. The molecular weight excluding hydrogens is 302 g/mol. The number of aliphatic hydroxyl groups is 1. The van der Waals surface area contributed by atoms with Crippen molar-refractivity contribution in [3.8, 4) is 0 Å². The minimum atomic E-state index is -0.669. The quantitative estimate of drug-likeness (QED) is 0.919. The molecule has 5 nitrogen and oxygen atoms in total. The average molecular weight is 317 g/mol. The van der Waals surface area contributed by atoms with Gasteiger partial charge >= 0.3 is 0 Å². The van der Waals surface area contributed by atoms with Crippen molar-refractivity contribution in [2.75, 3.05) is 0 Å². The number of nitrogens with zero attached hydrogens (tertiary/aromatic N) is 1. The lowest BCUT2D eigenvalue weighted by molar-refractivity contribution is -0.130. The number of hydrogen-bond acceptors (Lipinski definition) is 5. The Hall–Kier alpha value is -2.34. The number of furan rings is 1. The number of rotatable bonds is 5. The van der Waals surface area contributed by atoms with E-state index in [1.165, 1.54) is 22.5 Å². The molecule has 0 fully saturated rings. The Morgan fingerprint density at radius 2 is 2.23 bits per heavy atom. The van der Waals surface area contributed by atoms with Gasteiger partial charge < -0.3 is 14.4 Å². The minimum Gasteiger partial charge on any atom is -0.503 e. The van der Waals surface area contributed by atoms with Gasteiger partial charge in [-0.1, -0.05) is 13.0 Å². The normalized spacial score (nSPS) is 18.3. The van der Waals surface area contributed by atoms with Crippen molar-refractivity contribution in [2.24, 2.45) is 0 Å². The number of carbonyl (C=O) groups is 2. The number of carbonyl (C=O) groups excluding carboxylic acids is 2. The minimum absolute atomic E-state index is 0.124. The molecule has 0 radical (unpaired) electrons. The highest BCUT2D eigenvalue weighted by molar-refractivity contribution is 7.09. The van der Waals surface area contributed by atoms with Gasteiger partial charge in [0.25, 0.3) is 5.91 Å². The van der Waals surface area contributed by atoms with Gasteiger partial charge in [0.15, 0.2) is 11.5 Å². The maximum atomic E-state index is 12.4. The van der Waals surface area contributed by atoms with Crippen LogP contribution in [-0.4, -0.2) is 21.7 Å². The molecule has 1 unspecified atom stereocenters. The van der Waals surface area contributed by atoms with Gasteiger partial charge in [0.05, 0.1) is 18.4 Å². The third-order valence-corrected chi connectivity index (χ3v) is 4.51. The largest absolute Gasteiger partial charge is 0.503 e. The van der Waals surface area contributed by atoms with Crippen LogP contribution in [0.15, 0.2) is 51.7 Å². The maximum Gasteiger partial charge on any atom is 0.290 e. The molecule has 2 aromatic heterocycles. The Morgan fingerprint density at radius 3 is 2.82 bits per heavy atom. The Bertz CT molecular complexity index is 715. The molecular formula is C16H15NO4S. The highest BCUT2D eigenvalue weighted by Gasteiger charge is 2.44. The Labute approximate surface area is 131 Å². The van der Waals surface area contributed by atoms with Crippen molar-refractivity contribution in [2.45, 2.75) is 25.9 Å². The van der Waals surface area contributed by atoms with Gasteiger partial charge in [0.1, 0.15) is 11.8 Å². The van der Waals surface area contributed by atoms with Crippen molar-refractivity contribution in [3.63, 3.8) is 0 Å². The molecule has 1 N–H and O–H groups in total. The van der Waals surface area contributed by atoms with E-state index >= 15 is 0 Å². The van der Waals surface area contributed by atoms with Crippen LogP contribution in [0, 0.1) is 0 Å². The predicted octanol–water partition coefficient (Wildman–Crippen LogP) is 3.22. The van der Waals surface area contributed by atoms with Crippen LogP contribution in [0.5, 0.6) is 0 Å². The first-order valence-corrected chi connectivity index (χ1v) is 7.84. The number of Topliss-reactive ketones (excluding diaryl/α,β-unsaturated/α-hetero) is 1. The Morgan fingerprint density at radius 1 is 1.41 bits per heavy atom. The smallest absolute Gasteiger partial charge is 0.290 e. The molecule has 0 saturated heterocycles. The molecule has 0 bridgehead atoms. The first kappa shape index (κ1) is 14.6. The molecule has 0 spiro atoms. The van der Waals surface area contributed by atoms with Crippen LogP contribution in [0.4, 0.5) is 0 Å². The number of amides is 1. The molecule has 22 heavy (non-hydrogen) atoms. The van der Waals surface area contributed by atoms with Crippen molar-refractivity contribution < 1.29 is 19.1 Å². The summed E-state index contributed by atoms with van der Waals surface area (Å²) in [6.07, 6.45) is 1.71. The first-order chi connectivity index (χ1) is 10.6. The topological polar surface area (TPSA) is 70.8 Å². The highest BCUT2D eigenvalue weighted by Crippen LogP contribution is 2.39. The summed E-state index contributed by atoms with van der Waals surface area (Å²) in [5.74, 6) is -0.775. The third-order valence-electron chi connectivity index (χ3n) is 3.64. The average Bonchev–Trinajstić information content (AvgIpc) is 3.24.